The van der Waals surface area contributed by atoms with Gasteiger partial charge in [-0.25, -0.2) is 4.98 Å². The largest absolute Gasteiger partial charge is 0.244 e. The third kappa shape index (κ3) is 1.30. The minimum Gasteiger partial charge on any atom is -0.244 e. The summed E-state index contributed by atoms with van der Waals surface area (Å²) in [7, 11) is 0. The van der Waals surface area contributed by atoms with Gasteiger partial charge in [0.1, 0.15) is 0 Å². The Balaban J connectivity index is 2.46. The van der Waals surface area contributed by atoms with Crippen molar-refractivity contribution in [3.63, 3.8) is 0 Å². The van der Waals surface area contributed by atoms with Gasteiger partial charge in [0.15, 0.2) is 0 Å². The quantitative estimate of drug-likeness (QED) is 0.625. The lowest BCUT2D eigenvalue weighted by Crippen LogP contribution is -1.73. The van der Waals surface area contributed by atoms with Gasteiger partial charge in [-0.05, 0) is 0 Å². The van der Waals surface area contributed by atoms with Crippen molar-refractivity contribution < 1.29 is 0 Å². The maximum atomic E-state index is 4.15. The minimum absolute atomic E-state index is 0.940. The van der Waals surface area contributed by atoms with E-state index >= 15 is 0 Å². The minimum atomic E-state index is 0.940. The molecule has 53 valence electrons. The van der Waals surface area contributed by atoms with Crippen LogP contribution < -0.4 is 0 Å². The maximum absolute atomic E-state index is 4.15. The number of hydrogen-bond acceptors (Lipinski definition) is 2. The standard InChI is InChI=1S/C9H6NS/c1-2-4-8(5-3-1)9-6-11-7-10-9/h1-5,7H. The summed E-state index contributed by atoms with van der Waals surface area (Å²) in [5, 5.41) is 3.08. The van der Waals surface area contributed by atoms with Crippen molar-refractivity contribution in [1.29, 1.82) is 0 Å². The molecule has 2 heteroatoms. The molecule has 0 amide bonds. The summed E-state index contributed by atoms with van der Waals surface area (Å²) < 4.78 is 0. The first-order chi connectivity index (χ1) is 5.47. The SMILES string of the molecule is [c]1scnc1-c1ccccc1. The first-order valence-corrected chi connectivity index (χ1v) is 4.21. The Morgan fingerprint density at radius 2 is 2.00 bits per heavy atom. The van der Waals surface area contributed by atoms with Crippen molar-refractivity contribution in [2.75, 3.05) is 0 Å². The van der Waals surface area contributed by atoms with Crippen molar-refractivity contribution in [3.05, 3.63) is 41.2 Å². The van der Waals surface area contributed by atoms with E-state index in [9.17, 15) is 0 Å². The third-order valence-electron chi connectivity index (χ3n) is 1.44. The van der Waals surface area contributed by atoms with E-state index in [1.807, 2.05) is 30.3 Å². The first-order valence-electron chi connectivity index (χ1n) is 3.33. The number of benzene rings is 1. The van der Waals surface area contributed by atoms with Gasteiger partial charge >= 0.3 is 0 Å². The molecule has 2 rings (SSSR count). The summed E-state index contributed by atoms with van der Waals surface area (Å²) in [4.78, 5) is 4.15. The predicted molar refractivity (Wildman–Crippen MR) is 46.4 cm³/mol. The highest BCUT2D eigenvalue weighted by molar-refractivity contribution is 7.07. The molecule has 0 aliphatic heterocycles. The van der Waals surface area contributed by atoms with E-state index in [1.165, 1.54) is 11.3 Å². The fraction of sp³-hybridized carbons (Fsp3) is 0. The zero-order valence-corrected chi connectivity index (χ0v) is 6.64. The predicted octanol–water partition coefficient (Wildman–Crippen LogP) is 2.61. The van der Waals surface area contributed by atoms with Crippen LogP contribution in [-0.4, -0.2) is 4.98 Å². The number of nitrogens with zero attached hydrogens (tertiary/aromatic N) is 1. The Morgan fingerprint density at radius 1 is 1.18 bits per heavy atom. The molecule has 1 aromatic heterocycles. The van der Waals surface area contributed by atoms with Crippen LogP contribution in [0.25, 0.3) is 11.3 Å². The van der Waals surface area contributed by atoms with Crippen LogP contribution in [0.5, 0.6) is 0 Å². The Bertz CT molecular complexity index is 313. The first kappa shape index (κ1) is 6.55. The number of rotatable bonds is 1. The molecule has 0 fully saturated rings. The topological polar surface area (TPSA) is 12.9 Å². The molecule has 0 unspecified atom stereocenters. The lowest BCUT2D eigenvalue weighted by atomic mass is 10.2. The number of aromatic nitrogens is 1. The van der Waals surface area contributed by atoms with Gasteiger partial charge in [0.05, 0.1) is 16.6 Å². The molecule has 1 nitrogen and oxygen atoms in total. The summed E-state index contributed by atoms with van der Waals surface area (Å²) in [5.41, 5.74) is 3.87. The number of thiazole rings is 1. The van der Waals surface area contributed by atoms with Crippen LogP contribution in [0.1, 0.15) is 0 Å². The maximum Gasteiger partial charge on any atom is 0.0899 e. The average Bonchev–Trinajstić information content (AvgIpc) is 2.58. The van der Waals surface area contributed by atoms with Crippen LogP contribution in [0.2, 0.25) is 0 Å². The van der Waals surface area contributed by atoms with Gasteiger partial charge in [-0.3, -0.25) is 0 Å². The second kappa shape index (κ2) is 2.84. The van der Waals surface area contributed by atoms with Gasteiger partial charge in [-0.2, -0.15) is 0 Å². The van der Waals surface area contributed by atoms with Gasteiger partial charge in [0, 0.05) is 5.56 Å². The molecule has 0 saturated heterocycles. The lowest BCUT2D eigenvalue weighted by molar-refractivity contribution is 1.41. The summed E-state index contributed by atoms with van der Waals surface area (Å²) in [6, 6.07) is 10.1. The molecule has 1 heterocycles. The fourth-order valence-electron chi connectivity index (χ4n) is 0.917. The molecular weight excluding hydrogens is 154 g/mol. The normalized spacial score (nSPS) is 9.82. The van der Waals surface area contributed by atoms with Gasteiger partial charge in [0.25, 0.3) is 0 Å². The molecule has 0 saturated carbocycles. The van der Waals surface area contributed by atoms with Crippen LogP contribution >= 0.6 is 11.3 Å². The molecular formula is C9H6NS. The molecule has 0 aliphatic carbocycles. The van der Waals surface area contributed by atoms with Gasteiger partial charge in [-0.1, -0.05) is 30.3 Å². The number of hydrogen-bond donors (Lipinski definition) is 0. The average molecular weight is 160 g/mol. The highest BCUT2D eigenvalue weighted by atomic mass is 32.1. The van der Waals surface area contributed by atoms with Crippen molar-refractivity contribution in [1.82, 2.24) is 4.98 Å². The van der Waals surface area contributed by atoms with E-state index in [2.05, 4.69) is 10.4 Å². The molecule has 0 atom stereocenters. The van der Waals surface area contributed by atoms with E-state index in [0.29, 0.717) is 0 Å². The molecule has 11 heavy (non-hydrogen) atoms. The Labute approximate surface area is 69.3 Å². The molecule has 1 aromatic carbocycles. The van der Waals surface area contributed by atoms with E-state index in [1.54, 1.807) is 5.51 Å². The van der Waals surface area contributed by atoms with Crippen LogP contribution in [0.3, 0.4) is 0 Å². The van der Waals surface area contributed by atoms with Crippen LogP contribution in [-0.2, 0) is 0 Å². The van der Waals surface area contributed by atoms with Crippen LogP contribution in [0.4, 0.5) is 0 Å². The summed E-state index contributed by atoms with van der Waals surface area (Å²) >= 11 is 1.50. The fourth-order valence-corrected chi connectivity index (χ4v) is 1.41. The lowest BCUT2D eigenvalue weighted by Gasteiger charge is -1.91. The summed E-state index contributed by atoms with van der Waals surface area (Å²) in [6.07, 6.45) is 0. The van der Waals surface area contributed by atoms with Gasteiger partial charge in [0.2, 0.25) is 0 Å². The Hall–Kier alpha value is -1.15. The molecule has 2 aromatic rings. The highest BCUT2D eigenvalue weighted by Gasteiger charge is 1.96. The second-order valence-corrected chi connectivity index (χ2v) is 2.82. The van der Waals surface area contributed by atoms with Gasteiger partial charge < -0.3 is 0 Å². The second-order valence-electron chi connectivity index (χ2n) is 2.17. The van der Waals surface area contributed by atoms with E-state index in [0.717, 1.165) is 11.3 Å². The molecule has 0 N–H and O–H groups in total. The Morgan fingerprint density at radius 3 is 2.64 bits per heavy atom. The molecule has 0 bridgehead atoms. The molecule has 1 radical (unpaired) electrons. The monoisotopic (exact) mass is 160 g/mol. The van der Waals surface area contributed by atoms with E-state index in [-0.39, 0.29) is 0 Å². The van der Waals surface area contributed by atoms with Crippen LogP contribution in [0.15, 0.2) is 35.8 Å². The Kier molecular flexibility index (Phi) is 1.69. The molecule has 0 spiro atoms. The van der Waals surface area contributed by atoms with E-state index in [4.69, 9.17) is 0 Å². The summed E-state index contributed by atoms with van der Waals surface area (Å²) in [6.45, 7) is 0. The summed E-state index contributed by atoms with van der Waals surface area (Å²) in [5.74, 6) is 0. The van der Waals surface area contributed by atoms with E-state index < -0.39 is 0 Å². The van der Waals surface area contributed by atoms with Crippen molar-refractivity contribution in [2.45, 2.75) is 0 Å². The van der Waals surface area contributed by atoms with Crippen molar-refractivity contribution in [2.24, 2.45) is 0 Å². The van der Waals surface area contributed by atoms with Crippen molar-refractivity contribution in [3.8, 4) is 11.3 Å². The zero-order valence-electron chi connectivity index (χ0n) is 5.82. The highest BCUT2D eigenvalue weighted by Crippen LogP contribution is 2.16. The zero-order chi connectivity index (χ0) is 7.52. The molecule has 0 aliphatic rings. The van der Waals surface area contributed by atoms with Crippen LogP contribution in [0, 0.1) is 5.38 Å². The third-order valence-corrected chi connectivity index (χ3v) is 1.96. The van der Waals surface area contributed by atoms with Gasteiger partial charge in [-0.15, -0.1) is 11.3 Å². The van der Waals surface area contributed by atoms with Crippen molar-refractivity contribution >= 4 is 11.3 Å². The smallest absolute Gasteiger partial charge is 0.0899 e.